The summed E-state index contributed by atoms with van der Waals surface area (Å²) < 4.78 is 5.73. The Kier molecular flexibility index (Phi) is 5.22. The van der Waals surface area contributed by atoms with Crippen molar-refractivity contribution < 1.29 is 4.74 Å². The van der Waals surface area contributed by atoms with Crippen LogP contribution in [0, 0.1) is 30.6 Å². The second kappa shape index (κ2) is 6.44. The highest BCUT2D eigenvalue weighted by atomic mass is 16.5. The molecule has 0 saturated heterocycles. The van der Waals surface area contributed by atoms with Crippen LogP contribution in [0.5, 0.6) is 5.75 Å². The quantitative estimate of drug-likeness (QED) is 0.696. The van der Waals surface area contributed by atoms with Crippen molar-refractivity contribution in [3.63, 3.8) is 0 Å². The number of aryl methyl sites for hydroxylation is 2. The number of ether oxygens (including phenoxy) is 1. The molecular weight excluding hydrogens is 222 g/mol. The van der Waals surface area contributed by atoms with E-state index in [0.717, 1.165) is 31.6 Å². The first-order valence-electron chi connectivity index (χ1n) is 6.55. The zero-order chi connectivity index (χ0) is 13.6. The normalized spacial score (nSPS) is 11.1. The van der Waals surface area contributed by atoms with Crippen molar-refractivity contribution in [1.82, 2.24) is 0 Å². The molecule has 0 spiro atoms. The van der Waals surface area contributed by atoms with Gasteiger partial charge in [-0.25, -0.2) is 0 Å². The molecular formula is C16H23NO. The molecule has 1 rings (SSSR count). The third-order valence-corrected chi connectivity index (χ3v) is 2.96. The minimum atomic E-state index is -0.208. The molecule has 0 aliphatic rings. The lowest BCUT2D eigenvalue weighted by Crippen LogP contribution is -2.08. The maximum Gasteiger partial charge on any atom is 0.119 e. The number of unbranched alkanes of at least 4 members (excludes halogenated alkanes) is 1. The molecule has 0 bridgehead atoms. The van der Waals surface area contributed by atoms with Crippen LogP contribution in [-0.4, -0.2) is 6.61 Å². The molecule has 0 heterocycles. The Morgan fingerprint density at radius 2 is 1.72 bits per heavy atom. The molecule has 18 heavy (non-hydrogen) atoms. The summed E-state index contributed by atoms with van der Waals surface area (Å²) >= 11 is 0. The van der Waals surface area contributed by atoms with Gasteiger partial charge in [0.05, 0.1) is 18.1 Å². The highest BCUT2D eigenvalue weighted by Crippen LogP contribution is 2.22. The van der Waals surface area contributed by atoms with Crippen LogP contribution >= 0.6 is 0 Å². The fourth-order valence-electron chi connectivity index (χ4n) is 1.93. The van der Waals surface area contributed by atoms with Gasteiger partial charge in [-0.15, -0.1) is 0 Å². The molecule has 0 atom stereocenters. The number of rotatable bonds is 6. The van der Waals surface area contributed by atoms with Gasteiger partial charge in [-0.2, -0.15) is 5.26 Å². The molecule has 0 N–H and O–H groups in total. The molecule has 0 aliphatic heterocycles. The van der Waals surface area contributed by atoms with Crippen molar-refractivity contribution in [2.24, 2.45) is 5.41 Å². The predicted octanol–water partition coefficient (Wildman–Crippen LogP) is 4.40. The first-order valence-corrected chi connectivity index (χ1v) is 6.55. The van der Waals surface area contributed by atoms with Crippen LogP contribution in [0.2, 0.25) is 0 Å². The van der Waals surface area contributed by atoms with Gasteiger partial charge in [-0.3, -0.25) is 0 Å². The highest BCUT2D eigenvalue weighted by molar-refractivity contribution is 5.32. The summed E-state index contributed by atoms with van der Waals surface area (Å²) in [7, 11) is 0. The average molecular weight is 245 g/mol. The van der Waals surface area contributed by atoms with E-state index in [0.29, 0.717) is 0 Å². The lowest BCUT2D eigenvalue weighted by molar-refractivity contribution is 0.294. The van der Waals surface area contributed by atoms with Gasteiger partial charge in [-0.05, 0) is 70.2 Å². The Morgan fingerprint density at radius 1 is 1.11 bits per heavy atom. The Labute approximate surface area is 111 Å². The molecule has 0 amide bonds. The molecule has 0 aromatic heterocycles. The maximum atomic E-state index is 8.91. The Morgan fingerprint density at radius 3 is 2.28 bits per heavy atom. The summed E-state index contributed by atoms with van der Waals surface area (Å²) in [4.78, 5) is 0. The minimum Gasteiger partial charge on any atom is -0.494 e. The zero-order valence-electron chi connectivity index (χ0n) is 11.9. The van der Waals surface area contributed by atoms with Crippen LogP contribution < -0.4 is 4.74 Å². The molecule has 0 unspecified atom stereocenters. The van der Waals surface area contributed by atoms with Crippen molar-refractivity contribution in [1.29, 1.82) is 5.26 Å². The smallest absolute Gasteiger partial charge is 0.119 e. The molecule has 1 aromatic rings. The molecule has 98 valence electrons. The summed E-state index contributed by atoms with van der Waals surface area (Å²) in [5.74, 6) is 0.951. The number of hydrogen-bond donors (Lipinski definition) is 0. The summed E-state index contributed by atoms with van der Waals surface area (Å²) in [6, 6.07) is 8.59. The van der Waals surface area contributed by atoms with Crippen molar-refractivity contribution in [2.75, 3.05) is 6.61 Å². The van der Waals surface area contributed by atoms with Crippen LogP contribution in [0.1, 0.15) is 44.2 Å². The first kappa shape index (κ1) is 14.6. The minimum absolute atomic E-state index is 0.208. The molecule has 0 aliphatic carbocycles. The molecule has 0 fully saturated rings. The Hall–Kier alpha value is -1.49. The summed E-state index contributed by atoms with van der Waals surface area (Å²) in [6.07, 6.45) is 2.96. The van der Waals surface area contributed by atoms with E-state index >= 15 is 0 Å². The zero-order valence-corrected chi connectivity index (χ0v) is 11.9. The van der Waals surface area contributed by atoms with Crippen LogP contribution in [-0.2, 0) is 0 Å². The second-order valence-corrected chi connectivity index (χ2v) is 5.62. The van der Waals surface area contributed by atoms with Crippen LogP contribution in [0.25, 0.3) is 0 Å². The van der Waals surface area contributed by atoms with E-state index in [9.17, 15) is 0 Å². The van der Waals surface area contributed by atoms with E-state index in [1.807, 2.05) is 13.8 Å². The molecule has 2 heteroatoms. The van der Waals surface area contributed by atoms with E-state index in [1.165, 1.54) is 11.1 Å². The van der Waals surface area contributed by atoms with Gasteiger partial charge in [0.2, 0.25) is 0 Å². The van der Waals surface area contributed by atoms with Gasteiger partial charge < -0.3 is 4.74 Å². The summed E-state index contributed by atoms with van der Waals surface area (Å²) in [5.41, 5.74) is 2.26. The Bertz CT molecular complexity index is 409. The van der Waals surface area contributed by atoms with Crippen molar-refractivity contribution >= 4 is 0 Å². The number of nitriles is 1. The molecule has 0 radical (unpaired) electrons. The fraction of sp³-hybridized carbons (Fsp3) is 0.562. The average Bonchev–Trinajstić information content (AvgIpc) is 2.27. The van der Waals surface area contributed by atoms with Crippen LogP contribution in [0.4, 0.5) is 0 Å². The molecule has 2 nitrogen and oxygen atoms in total. The SMILES string of the molecule is Cc1cc(C)cc(OCCCCC(C)(C)C#N)c1. The van der Waals surface area contributed by atoms with E-state index < -0.39 is 0 Å². The van der Waals surface area contributed by atoms with Crippen LogP contribution in [0.3, 0.4) is 0 Å². The van der Waals surface area contributed by atoms with Crippen LogP contribution in [0.15, 0.2) is 18.2 Å². The number of hydrogen-bond acceptors (Lipinski definition) is 2. The summed E-state index contributed by atoms with van der Waals surface area (Å²) in [5, 5.41) is 8.91. The van der Waals surface area contributed by atoms with E-state index in [-0.39, 0.29) is 5.41 Å². The van der Waals surface area contributed by atoms with Crippen molar-refractivity contribution in [2.45, 2.75) is 47.0 Å². The fourth-order valence-corrected chi connectivity index (χ4v) is 1.93. The lowest BCUT2D eigenvalue weighted by Gasteiger charge is -2.14. The monoisotopic (exact) mass is 245 g/mol. The van der Waals surface area contributed by atoms with Gasteiger partial charge in [0.25, 0.3) is 0 Å². The molecule has 0 saturated carbocycles. The van der Waals surface area contributed by atoms with Gasteiger partial charge in [0, 0.05) is 0 Å². The van der Waals surface area contributed by atoms with E-state index in [2.05, 4.69) is 38.1 Å². The third kappa shape index (κ3) is 5.23. The van der Waals surface area contributed by atoms with Gasteiger partial charge in [-0.1, -0.05) is 6.07 Å². The lowest BCUT2D eigenvalue weighted by atomic mass is 9.89. The molecule has 1 aromatic carbocycles. The van der Waals surface area contributed by atoms with Gasteiger partial charge in [0.15, 0.2) is 0 Å². The standard InChI is InChI=1S/C16H23NO/c1-13-9-14(2)11-15(10-13)18-8-6-5-7-16(3,4)12-17/h9-11H,5-8H2,1-4H3. The van der Waals surface area contributed by atoms with Gasteiger partial charge >= 0.3 is 0 Å². The van der Waals surface area contributed by atoms with E-state index in [1.54, 1.807) is 0 Å². The summed E-state index contributed by atoms with van der Waals surface area (Å²) in [6.45, 7) is 8.85. The largest absolute Gasteiger partial charge is 0.494 e. The Balaban J connectivity index is 2.28. The maximum absolute atomic E-state index is 8.91. The van der Waals surface area contributed by atoms with Gasteiger partial charge in [0.1, 0.15) is 5.75 Å². The van der Waals surface area contributed by atoms with Crippen molar-refractivity contribution in [3.8, 4) is 11.8 Å². The topological polar surface area (TPSA) is 33.0 Å². The van der Waals surface area contributed by atoms with E-state index in [4.69, 9.17) is 10.00 Å². The highest BCUT2D eigenvalue weighted by Gasteiger charge is 2.15. The first-order chi connectivity index (χ1) is 8.43. The van der Waals surface area contributed by atoms with Crippen molar-refractivity contribution in [3.05, 3.63) is 29.3 Å². The third-order valence-electron chi connectivity index (χ3n) is 2.96. The number of nitrogens with zero attached hydrogens (tertiary/aromatic N) is 1. The second-order valence-electron chi connectivity index (χ2n) is 5.62. The predicted molar refractivity (Wildman–Crippen MR) is 74.7 cm³/mol. The number of benzene rings is 1.